The van der Waals surface area contributed by atoms with Crippen LogP contribution in [0.3, 0.4) is 0 Å². The van der Waals surface area contributed by atoms with Crippen LogP contribution >= 0.6 is 0 Å². The third-order valence-corrected chi connectivity index (χ3v) is 2.15. The van der Waals surface area contributed by atoms with Gasteiger partial charge in [0.2, 0.25) is 0 Å². The minimum Gasteiger partial charge on any atom is -0.462 e. The zero-order valence-electron chi connectivity index (χ0n) is 10.9. The highest BCUT2D eigenvalue weighted by molar-refractivity contribution is 6.04. The first-order chi connectivity index (χ1) is 9.08. The molecule has 1 aromatic carbocycles. The van der Waals surface area contributed by atoms with Gasteiger partial charge in [-0.3, -0.25) is 0 Å². The van der Waals surface area contributed by atoms with Crippen molar-refractivity contribution < 1.29 is 19.1 Å². The summed E-state index contributed by atoms with van der Waals surface area (Å²) in [5, 5.41) is 0. The minimum absolute atomic E-state index is 0.00963. The smallest absolute Gasteiger partial charge is 0.435 e. The van der Waals surface area contributed by atoms with Crippen LogP contribution in [-0.2, 0) is 9.47 Å². The van der Waals surface area contributed by atoms with E-state index in [1.807, 2.05) is 0 Å². The van der Waals surface area contributed by atoms with Gasteiger partial charge in [-0.15, -0.1) is 0 Å². The summed E-state index contributed by atoms with van der Waals surface area (Å²) in [5.41, 5.74) is 6.47. The van der Waals surface area contributed by atoms with Gasteiger partial charge in [0.1, 0.15) is 5.84 Å². The molecule has 0 radical (unpaired) electrons. The van der Waals surface area contributed by atoms with Crippen molar-refractivity contribution in [3.63, 3.8) is 0 Å². The Morgan fingerprint density at radius 1 is 1.16 bits per heavy atom. The average molecular weight is 264 g/mol. The molecule has 1 amide bonds. The number of nitrogens with zero attached hydrogens (tertiary/aromatic N) is 1. The van der Waals surface area contributed by atoms with Gasteiger partial charge in [-0.1, -0.05) is 12.1 Å². The van der Waals surface area contributed by atoms with Crippen LogP contribution in [0.25, 0.3) is 0 Å². The molecular weight excluding hydrogens is 248 g/mol. The molecule has 0 atom stereocenters. The predicted molar refractivity (Wildman–Crippen MR) is 70.1 cm³/mol. The first kappa shape index (κ1) is 14.7. The molecule has 0 aliphatic heterocycles. The maximum Gasteiger partial charge on any atom is 0.435 e. The highest BCUT2D eigenvalue weighted by atomic mass is 16.5. The van der Waals surface area contributed by atoms with E-state index >= 15 is 0 Å². The van der Waals surface area contributed by atoms with Crippen LogP contribution in [0.4, 0.5) is 4.79 Å². The van der Waals surface area contributed by atoms with Crippen LogP contribution in [0.15, 0.2) is 29.3 Å². The average Bonchev–Trinajstić information content (AvgIpc) is 2.39. The van der Waals surface area contributed by atoms with Crippen molar-refractivity contribution in [3.05, 3.63) is 35.4 Å². The highest BCUT2D eigenvalue weighted by Gasteiger charge is 2.09. The number of rotatable bonds is 4. The Hall–Kier alpha value is -2.37. The summed E-state index contributed by atoms with van der Waals surface area (Å²) in [6.45, 7) is 3.90. The van der Waals surface area contributed by atoms with Crippen molar-refractivity contribution in [1.82, 2.24) is 0 Å². The SMILES string of the molecule is CCOC(=O)/N=C(\N)c1cccc(C(=O)OCC)c1. The standard InChI is InChI=1S/C13H16N2O4/c1-3-18-12(16)10-7-5-6-9(8-10)11(14)15-13(17)19-4-2/h5-8H,3-4H2,1-2H3,(H2,14,15,17). The van der Waals surface area contributed by atoms with Crippen LogP contribution in [0.5, 0.6) is 0 Å². The number of ether oxygens (including phenoxy) is 2. The Balaban J connectivity index is 2.92. The summed E-state index contributed by atoms with van der Waals surface area (Å²) in [4.78, 5) is 26.3. The Morgan fingerprint density at radius 3 is 2.42 bits per heavy atom. The van der Waals surface area contributed by atoms with Crippen molar-refractivity contribution in [2.75, 3.05) is 13.2 Å². The fraction of sp³-hybridized carbons (Fsp3) is 0.308. The largest absolute Gasteiger partial charge is 0.462 e. The van der Waals surface area contributed by atoms with Crippen molar-refractivity contribution in [1.29, 1.82) is 0 Å². The second kappa shape index (κ2) is 7.15. The van der Waals surface area contributed by atoms with E-state index in [4.69, 9.17) is 10.5 Å². The second-order valence-electron chi connectivity index (χ2n) is 3.50. The molecule has 0 aliphatic carbocycles. The molecule has 6 heteroatoms. The third-order valence-electron chi connectivity index (χ3n) is 2.15. The quantitative estimate of drug-likeness (QED) is 0.508. The number of hydrogen-bond donors (Lipinski definition) is 1. The molecular formula is C13H16N2O4. The summed E-state index contributed by atoms with van der Waals surface area (Å²) in [7, 11) is 0. The number of carbonyl (C=O) groups is 2. The van der Waals surface area contributed by atoms with Gasteiger partial charge in [0, 0.05) is 5.56 Å². The lowest BCUT2D eigenvalue weighted by Crippen LogP contribution is -2.17. The summed E-state index contributed by atoms with van der Waals surface area (Å²) in [6, 6.07) is 6.38. The van der Waals surface area contributed by atoms with E-state index in [1.165, 1.54) is 6.07 Å². The predicted octanol–water partition coefficient (Wildman–Crippen LogP) is 1.73. The second-order valence-corrected chi connectivity index (χ2v) is 3.50. The van der Waals surface area contributed by atoms with Gasteiger partial charge >= 0.3 is 12.1 Å². The fourth-order valence-corrected chi connectivity index (χ4v) is 1.34. The molecule has 19 heavy (non-hydrogen) atoms. The summed E-state index contributed by atoms with van der Waals surface area (Å²) in [5.74, 6) is -0.460. The van der Waals surface area contributed by atoms with E-state index in [-0.39, 0.29) is 19.0 Å². The Bertz CT molecular complexity index is 497. The minimum atomic E-state index is -0.762. The Labute approximate surface area is 111 Å². The van der Waals surface area contributed by atoms with Crippen LogP contribution in [0.2, 0.25) is 0 Å². The van der Waals surface area contributed by atoms with Gasteiger partial charge in [0.05, 0.1) is 18.8 Å². The fourth-order valence-electron chi connectivity index (χ4n) is 1.34. The zero-order chi connectivity index (χ0) is 14.3. The van der Waals surface area contributed by atoms with E-state index in [2.05, 4.69) is 9.73 Å². The van der Waals surface area contributed by atoms with Crippen molar-refractivity contribution in [3.8, 4) is 0 Å². The van der Waals surface area contributed by atoms with Gasteiger partial charge in [-0.25, -0.2) is 9.59 Å². The van der Waals surface area contributed by atoms with E-state index in [0.717, 1.165) is 0 Å². The van der Waals surface area contributed by atoms with Crippen molar-refractivity contribution in [2.45, 2.75) is 13.8 Å². The van der Waals surface area contributed by atoms with Gasteiger partial charge in [0.15, 0.2) is 0 Å². The number of hydrogen-bond acceptors (Lipinski definition) is 4. The van der Waals surface area contributed by atoms with Gasteiger partial charge in [-0.05, 0) is 26.0 Å². The number of nitrogens with two attached hydrogens (primary N) is 1. The maximum absolute atomic E-state index is 11.5. The van der Waals surface area contributed by atoms with Crippen LogP contribution in [0, 0.1) is 0 Å². The summed E-state index contributed by atoms with van der Waals surface area (Å²) < 4.78 is 9.52. The zero-order valence-corrected chi connectivity index (χ0v) is 10.9. The molecule has 1 aromatic rings. The lowest BCUT2D eigenvalue weighted by molar-refractivity contribution is 0.0526. The Kier molecular flexibility index (Phi) is 5.53. The van der Waals surface area contributed by atoms with Crippen molar-refractivity contribution in [2.24, 2.45) is 10.7 Å². The number of amides is 1. The lowest BCUT2D eigenvalue weighted by atomic mass is 10.1. The van der Waals surface area contributed by atoms with E-state index in [9.17, 15) is 9.59 Å². The third kappa shape index (κ3) is 4.42. The molecule has 0 aliphatic rings. The molecule has 0 saturated carbocycles. The molecule has 0 fully saturated rings. The molecule has 0 spiro atoms. The van der Waals surface area contributed by atoms with Crippen LogP contribution in [-0.4, -0.2) is 31.1 Å². The molecule has 1 rings (SSSR count). The molecule has 0 bridgehead atoms. The maximum atomic E-state index is 11.5. The number of aliphatic imine (C=N–C) groups is 1. The lowest BCUT2D eigenvalue weighted by Gasteiger charge is -2.04. The summed E-state index contributed by atoms with van der Waals surface area (Å²) in [6.07, 6.45) is -0.762. The molecule has 6 nitrogen and oxygen atoms in total. The van der Waals surface area contributed by atoms with Gasteiger partial charge < -0.3 is 15.2 Å². The van der Waals surface area contributed by atoms with Gasteiger partial charge in [-0.2, -0.15) is 4.99 Å². The van der Waals surface area contributed by atoms with E-state index in [0.29, 0.717) is 11.1 Å². The van der Waals surface area contributed by atoms with E-state index in [1.54, 1.807) is 32.0 Å². The Morgan fingerprint density at radius 2 is 1.79 bits per heavy atom. The first-order valence-electron chi connectivity index (χ1n) is 5.87. The van der Waals surface area contributed by atoms with Crippen LogP contribution < -0.4 is 5.73 Å². The molecule has 0 saturated heterocycles. The number of amidine groups is 1. The number of esters is 1. The molecule has 102 valence electrons. The monoisotopic (exact) mass is 264 g/mol. The van der Waals surface area contributed by atoms with Crippen molar-refractivity contribution >= 4 is 17.9 Å². The normalized spacial score (nSPS) is 10.9. The molecule has 0 aromatic heterocycles. The number of carbonyl (C=O) groups excluding carboxylic acids is 2. The molecule has 0 unspecified atom stereocenters. The first-order valence-corrected chi connectivity index (χ1v) is 5.87. The number of benzene rings is 1. The summed E-state index contributed by atoms with van der Waals surface area (Å²) >= 11 is 0. The highest BCUT2D eigenvalue weighted by Crippen LogP contribution is 2.07. The topological polar surface area (TPSA) is 91.0 Å². The van der Waals surface area contributed by atoms with Gasteiger partial charge in [0.25, 0.3) is 0 Å². The molecule has 2 N–H and O–H groups in total. The van der Waals surface area contributed by atoms with E-state index < -0.39 is 12.1 Å². The van der Waals surface area contributed by atoms with Crippen LogP contribution in [0.1, 0.15) is 29.8 Å². The molecule has 0 heterocycles.